The van der Waals surface area contributed by atoms with Crippen LogP contribution in [0.3, 0.4) is 0 Å². The predicted octanol–water partition coefficient (Wildman–Crippen LogP) is 3.05. The van der Waals surface area contributed by atoms with Gasteiger partial charge in [-0.15, -0.1) is 10.2 Å². The molecule has 29 heavy (non-hydrogen) atoms. The highest BCUT2D eigenvalue weighted by Gasteiger charge is 2.17. The average Bonchev–Trinajstić information content (AvgIpc) is 3.15. The number of pyridine rings is 1. The van der Waals surface area contributed by atoms with E-state index < -0.39 is 0 Å². The molecule has 0 aliphatic heterocycles. The molecular formula is C21H25N5O2S. The Morgan fingerprint density at radius 2 is 1.86 bits per heavy atom. The zero-order chi connectivity index (χ0) is 20.6. The minimum absolute atomic E-state index is 0.0438. The van der Waals surface area contributed by atoms with Crippen LogP contribution in [0.2, 0.25) is 0 Å². The van der Waals surface area contributed by atoms with E-state index in [4.69, 9.17) is 4.74 Å². The van der Waals surface area contributed by atoms with Crippen LogP contribution in [-0.4, -0.2) is 57.1 Å². The van der Waals surface area contributed by atoms with E-state index >= 15 is 0 Å². The van der Waals surface area contributed by atoms with Crippen LogP contribution < -0.4 is 0 Å². The molecule has 7 nitrogen and oxygen atoms in total. The van der Waals surface area contributed by atoms with Crippen LogP contribution in [0.1, 0.15) is 11.1 Å². The van der Waals surface area contributed by atoms with E-state index in [9.17, 15) is 4.79 Å². The summed E-state index contributed by atoms with van der Waals surface area (Å²) >= 11 is 1.39. The highest BCUT2D eigenvalue weighted by Crippen LogP contribution is 2.24. The van der Waals surface area contributed by atoms with Crippen LogP contribution in [0.25, 0.3) is 11.4 Å². The van der Waals surface area contributed by atoms with Gasteiger partial charge in [0, 0.05) is 38.7 Å². The largest absolute Gasteiger partial charge is 0.383 e. The third-order valence-corrected chi connectivity index (χ3v) is 5.42. The zero-order valence-corrected chi connectivity index (χ0v) is 17.7. The average molecular weight is 412 g/mol. The van der Waals surface area contributed by atoms with Crippen LogP contribution in [0.5, 0.6) is 0 Å². The molecular weight excluding hydrogens is 386 g/mol. The quantitative estimate of drug-likeness (QED) is 0.504. The maximum absolute atomic E-state index is 12.6. The number of benzene rings is 1. The molecule has 0 fully saturated rings. The van der Waals surface area contributed by atoms with Gasteiger partial charge in [0.1, 0.15) is 0 Å². The van der Waals surface area contributed by atoms with Gasteiger partial charge in [-0.1, -0.05) is 41.6 Å². The maximum Gasteiger partial charge on any atom is 0.233 e. The number of nitrogens with zero attached hydrogens (tertiary/aromatic N) is 5. The van der Waals surface area contributed by atoms with E-state index in [2.05, 4.69) is 46.4 Å². The number of amides is 1. The normalized spacial score (nSPS) is 10.9. The number of ether oxygens (including phenoxy) is 1. The first kappa shape index (κ1) is 21.0. The highest BCUT2D eigenvalue weighted by atomic mass is 32.2. The van der Waals surface area contributed by atoms with Crippen molar-refractivity contribution in [1.82, 2.24) is 24.6 Å². The molecule has 0 saturated heterocycles. The van der Waals surface area contributed by atoms with E-state index in [1.54, 1.807) is 24.4 Å². The van der Waals surface area contributed by atoms with Gasteiger partial charge in [0.2, 0.25) is 5.91 Å². The summed E-state index contributed by atoms with van der Waals surface area (Å²) in [5.74, 6) is 1.08. The Balaban J connectivity index is 1.66. The van der Waals surface area contributed by atoms with E-state index in [-0.39, 0.29) is 5.91 Å². The fourth-order valence-corrected chi connectivity index (χ4v) is 3.69. The van der Waals surface area contributed by atoms with Crippen molar-refractivity contribution < 1.29 is 9.53 Å². The molecule has 8 heteroatoms. The Bertz CT molecular complexity index is 928. The number of carbonyl (C=O) groups excluding carboxylic acids is 1. The fourth-order valence-electron chi connectivity index (χ4n) is 2.79. The van der Waals surface area contributed by atoms with E-state index in [1.165, 1.54) is 17.3 Å². The molecule has 2 aromatic heterocycles. The van der Waals surface area contributed by atoms with Gasteiger partial charge in [-0.3, -0.25) is 14.3 Å². The molecule has 0 N–H and O–H groups in total. The maximum atomic E-state index is 12.6. The molecule has 0 radical (unpaired) electrons. The number of hydrogen-bond acceptors (Lipinski definition) is 6. The van der Waals surface area contributed by atoms with Crippen molar-refractivity contribution in [2.75, 3.05) is 26.5 Å². The van der Waals surface area contributed by atoms with Crippen molar-refractivity contribution in [3.05, 3.63) is 59.9 Å². The molecule has 0 saturated carbocycles. The van der Waals surface area contributed by atoms with Gasteiger partial charge in [0.15, 0.2) is 11.0 Å². The summed E-state index contributed by atoms with van der Waals surface area (Å²) in [6, 6.07) is 12.0. The van der Waals surface area contributed by atoms with Crippen LogP contribution in [0.4, 0.5) is 0 Å². The van der Waals surface area contributed by atoms with Gasteiger partial charge in [-0.05, 0) is 24.6 Å². The van der Waals surface area contributed by atoms with Crippen molar-refractivity contribution >= 4 is 17.7 Å². The Hall–Kier alpha value is -2.71. The standard InChI is InChI=1S/C21H25N5O2S/c1-16-4-6-17(7-5-16)14-25(2)19(27)15-29-21-24-23-20(26(21)12-13-28-3)18-8-10-22-11-9-18/h4-11H,12-15H2,1-3H3. The summed E-state index contributed by atoms with van der Waals surface area (Å²) in [5.41, 5.74) is 3.25. The van der Waals surface area contributed by atoms with Gasteiger partial charge >= 0.3 is 0 Å². The van der Waals surface area contributed by atoms with Crippen LogP contribution in [0, 0.1) is 6.92 Å². The molecule has 0 aliphatic rings. The van der Waals surface area contributed by atoms with Crippen LogP contribution >= 0.6 is 11.8 Å². The summed E-state index contributed by atoms with van der Waals surface area (Å²) in [4.78, 5) is 18.4. The number of carbonyl (C=O) groups is 1. The van der Waals surface area contributed by atoms with Crippen molar-refractivity contribution in [2.24, 2.45) is 0 Å². The first-order chi connectivity index (χ1) is 14.1. The molecule has 0 bridgehead atoms. The number of hydrogen-bond donors (Lipinski definition) is 0. The van der Waals surface area contributed by atoms with Gasteiger partial charge in [-0.25, -0.2) is 0 Å². The van der Waals surface area contributed by atoms with E-state index in [0.717, 1.165) is 17.0 Å². The molecule has 0 atom stereocenters. The van der Waals surface area contributed by atoms with Crippen molar-refractivity contribution in [3.8, 4) is 11.4 Å². The molecule has 2 heterocycles. The summed E-state index contributed by atoms with van der Waals surface area (Å²) in [6.45, 7) is 3.77. The minimum atomic E-state index is 0.0438. The molecule has 1 aromatic carbocycles. The second kappa shape index (κ2) is 10.2. The minimum Gasteiger partial charge on any atom is -0.383 e. The smallest absolute Gasteiger partial charge is 0.233 e. The van der Waals surface area contributed by atoms with Crippen molar-refractivity contribution in [2.45, 2.75) is 25.2 Å². The molecule has 152 valence electrons. The lowest BCUT2D eigenvalue weighted by Crippen LogP contribution is -2.28. The predicted molar refractivity (Wildman–Crippen MR) is 114 cm³/mol. The molecule has 0 aliphatic carbocycles. The number of rotatable bonds is 9. The fraction of sp³-hybridized carbons (Fsp3) is 0.333. The third-order valence-electron chi connectivity index (χ3n) is 4.47. The van der Waals surface area contributed by atoms with Crippen LogP contribution in [0.15, 0.2) is 53.9 Å². The van der Waals surface area contributed by atoms with Gasteiger partial charge < -0.3 is 9.64 Å². The van der Waals surface area contributed by atoms with Gasteiger partial charge in [0.25, 0.3) is 0 Å². The SMILES string of the molecule is COCCn1c(SCC(=O)N(C)Cc2ccc(C)cc2)nnc1-c1ccncc1. The highest BCUT2D eigenvalue weighted by molar-refractivity contribution is 7.99. The lowest BCUT2D eigenvalue weighted by Gasteiger charge is -2.17. The Kier molecular flexibility index (Phi) is 7.37. The Morgan fingerprint density at radius 1 is 1.14 bits per heavy atom. The second-order valence-corrected chi connectivity index (χ2v) is 7.65. The molecule has 3 rings (SSSR count). The lowest BCUT2D eigenvalue weighted by molar-refractivity contribution is -0.127. The lowest BCUT2D eigenvalue weighted by atomic mass is 10.1. The molecule has 3 aromatic rings. The van der Waals surface area contributed by atoms with Crippen LogP contribution in [-0.2, 0) is 22.6 Å². The summed E-state index contributed by atoms with van der Waals surface area (Å²) in [5, 5.41) is 9.32. The first-order valence-electron chi connectivity index (χ1n) is 9.33. The molecule has 1 amide bonds. The van der Waals surface area contributed by atoms with Gasteiger partial charge in [-0.2, -0.15) is 0 Å². The van der Waals surface area contributed by atoms with Crippen molar-refractivity contribution in [1.29, 1.82) is 0 Å². The molecule has 0 unspecified atom stereocenters. The summed E-state index contributed by atoms with van der Waals surface area (Å²) < 4.78 is 7.21. The van der Waals surface area contributed by atoms with Gasteiger partial charge in [0.05, 0.1) is 18.9 Å². The van der Waals surface area contributed by atoms with E-state index in [1.807, 2.05) is 23.7 Å². The monoisotopic (exact) mass is 411 g/mol. The summed E-state index contributed by atoms with van der Waals surface area (Å²) in [7, 11) is 3.48. The van der Waals surface area contributed by atoms with E-state index in [0.29, 0.717) is 30.6 Å². The number of aromatic nitrogens is 4. The zero-order valence-electron chi connectivity index (χ0n) is 16.9. The number of aryl methyl sites for hydroxylation is 1. The second-order valence-electron chi connectivity index (χ2n) is 6.71. The number of methoxy groups -OCH3 is 1. The first-order valence-corrected chi connectivity index (χ1v) is 10.3. The Labute approximate surface area is 175 Å². The molecule has 0 spiro atoms. The Morgan fingerprint density at radius 3 is 2.55 bits per heavy atom. The number of thioether (sulfide) groups is 1. The summed E-state index contributed by atoms with van der Waals surface area (Å²) in [6.07, 6.45) is 3.45. The van der Waals surface area contributed by atoms with Crippen molar-refractivity contribution in [3.63, 3.8) is 0 Å². The topological polar surface area (TPSA) is 73.1 Å². The third kappa shape index (κ3) is 5.65.